The summed E-state index contributed by atoms with van der Waals surface area (Å²) in [7, 11) is 0. The van der Waals surface area contributed by atoms with Crippen molar-refractivity contribution in [2.75, 3.05) is 6.54 Å². The summed E-state index contributed by atoms with van der Waals surface area (Å²) in [5, 5.41) is 2.71. The molecular formula is C13H17ClN2O3. The molecule has 0 saturated carbocycles. The van der Waals surface area contributed by atoms with Crippen LogP contribution in [-0.2, 0) is 4.74 Å². The molecule has 1 aromatic rings. The Bertz CT molecular complexity index is 529. The number of rotatable bonds is 3. The second-order valence-corrected chi connectivity index (χ2v) is 5.30. The number of hydrogen-bond donors (Lipinski definition) is 2. The third-order valence-corrected chi connectivity index (χ3v) is 2.23. The van der Waals surface area contributed by atoms with Crippen molar-refractivity contribution in [3.8, 4) is 0 Å². The lowest BCUT2D eigenvalue weighted by molar-refractivity contribution is 0.0534. The number of nitrogens with one attached hydrogen (secondary N) is 2. The number of pyridine rings is 1. The molecule has 0 aliphatic heterocycles. The maximum Gasteiger partial charge on any atom is 0.407 e. The third-order valence-electron chi connectivity index (χ3n) is 1.95. The Morgan fingerprint density at radius 2 is 2.21 bits per heavy atom. The summed E-state index contributed by atoms with van der Waals surface area (Å²) in [4.78, 5) is 24.9. The highest BCUT2D eigenvalue weighted by atomic mass is 35.5. The number of H-pyrrole nitrogens is 1. The molecule has 1 heterocycles. The quantitative estimate of drug-likeness (QED) is 0.896. The van der Waals surface area contributed by atoms with Crippen LogP contribution in [0.2, 0.25) is 5.02 Å². The van der Waals surface area contributed by atoms with Crippen LogP contribution in [0.3, 0.4) is 0 Å². The summed E-state index contributed by atoms with van der Waals surface area (Å²) in [6.07, 6.45) is 4.53. The molecule has 0 fully saturated rings. The second-order valence-electron chi connectivity index (χ2n) is 4.90. The Morgan fingerprint density at radius 1 is 1.53 bits per heavy atom. The molecule has 6 heteroatoms. The lowest BCUT2D eigenvalue weighted by Gasteiger charge is -2.19. The summed E-state index contributed by atoms with van der Waals surface area (Å²) in [5.41, 5.74) is -0.0958. The zero-order chi connectivity index (χ0) is 14.5. The molecular weight excluding hydrogens is 268 g/mol. The molecule has 0 bridgehead atoms. The normalized spacial score (nSPS) is 11.6. The summed E-state index contributed by atoms with van der Waals surface area (Å²) in [5.74, 6) is 0. The lowest BCUT2D eigenvalue weighted by Crippen LogP contribution is -2.32. The molecule has 0 radical (unpaired) electrons. The van der Waals surface area contributed by atoms with Gasteiger partial charge in [-0.3, -0.25) is 4.79 Å². The molecule has 1 amide bonds. The van der Waals surface area contributed by atoms with Crippen LogP contribution < -0.4 is 10.9 Å². The van der Waals surface area contributed by atoms with Gasteiger partial charge in [0.1, 0.15) is 10.6 Å². The van der Waals surface area contributed by atoms with Gasteiger partial charge in [-0.15, -0.1) is 0 Å². The first-order valence-electron chi connectivity index (χ1n) is 5.79. The van der Waals surface area contributed by atoms with Gasteiger partial charge in [-0.05, 0) is 32.4 Å². The Labute approximate surface area is 116 Å². The fourth-order valence-corrected chi connectivity index (χ4v) is 1.40. The van der Waals surface area contributed by atoms with E-state index in [0.717, 1.165) is 5.56 Å². The lowest BCUT2D eigenvalue weighted by atomic mass is 10.2. The topological polar surface area (TPSA) is 71.2 Å². The van der Waals surface area contributed by atoms with Gasteiger partial charge in [0.25, 0.3) is 5.56 Å². The van der Waals surface area contributed by atoms with E-state index in [2.05, 4.69) is 10.3 Å². The highest BCUT2D eigenvalue weighted by Crippen LogP contribution is 2.07. The number of alkyl carbamates (subject to hydrolysis) is 1. The molecule has 104 valence electrons. The van der Waals surface area contributed by atoms with Crippen molar-refractivity contribution < 1.29 is 9.53 Å². The first-order valence-corrected chi connectivity index (χ1v) is 6.17. The van der Waals surface area contributed by atoms with E-state index in [1.165, 1.54) is 6.20 Å². The zero-order valence-electron chi connectivity index (χ0n) is 11.1. The molecule has 5 nitrogen and oxygen atoms in total. The van der Waals surface area contributed by atoms with Crippen LogP contribution in [-0.4, -0.2) is 23.2 Å². The molecule has 0 spiro atoms. The summed E-state index contributed by atoms with van der Waals surface area (Å²) >= 11 is 5.68. The fourth-order valence-electron chi connectivity index (χ4n) is 1.22. The molecule has 1 rings (SSSR count). The second kappa shape index (κ2) is 6.43. The SMILES string of the molecule is CC(C)(C)OC(=O)NCC=Cc1c[nH]c(=O)c(Cl)c1. The van der Waals surface area contributed by atoms with Crippen molar-refractivity contribution in [2.45, 2.75) is 26.4 Å². The largest absolute Gasteiger partial charge is 0.444 e. The van der Waals surface area contributed by atoms with Gasteiger partial charge in [-0.25, -0.2) is 4.79 Å². The fraction of sp³-hybridized carbons (Fsp3) is 0.385. The number of ether oxygens (including phenoxy) is 1. The van der Waals surface area contributed by atoms with E-state index in [-0.39, 0.29) is 10.6 Å². The van der Waals surface area contributed by atoms with Crippen LogP contribution in [0.25, 0.3) is 6.08 Å². The van der Waals surface area contributed by atoms with Gasteiger partial charge in [-0.1, -0.05) is 23.8 Å². The van der Waals surface area contributed by atoms with Crippen molar-refractivity contribution in [2.24, 2.45) is 0 Å². The van der Waals surface area contributed by atoms with Gasteiger partial charge in [0.05, 0.1) is 0 Å². The van der Waals surface area contributed by atoms with Crippen molar-refractivity contribution in [3.63, 3.8) is 0 Å². The highest BCUT2D eigenvalue weighted by molar-refractivity contribution is 6.30. The van der Waals surface area contributed by atoms with Crippen LogP contribution in [0.5, 0.6) is 0 Å². The van der Waals surface area contributed by atoms with E-state index in [9.17, 15) is 9.59 Å². The van der Waals surface area contributed by atoms with Crippen LogP contribution in [0.4, 0.5) is 4.79 Å². The predicted molar refractivity (Wildman–Crippen MR) is 75.3 cm³/mol. The van der Waals surface area contributed by atoms with Crippen molar-refractivity contribution in [1.29, 1.82) is 0 Å². The van der Waals surface area contributed by atoms with Gasteiger partial charge in [-0.2, -0.15) is 0 Å². The first kappa shape index (κ1) is 15.3. The van der Waals surface area contributed by atoms with Crippen molar-refractivity contribution in [1.82, 2.24) is 10.3 Å². The average molecular weight is 285 g/mol. The van der Waals surface area contributed by atoms with Crippen LogP contribution >= 0.6 is 11.6 Å². The molecule has 2 N–H and O–H groups in total. The Balaban J connectivity index is 2.44. The van der Waals surface area contributed by atoms with Gasteiger partial charge >= 0.3 is 6.09 Å². The molecule has 1 aromatic heterocycles. The molecule has 0 saturated heterocycles. The minimum Gasteiger partial charge on any atom is -0.444 e. The number of halogens is 1. The van der Waals surface area contributed by atoms with Crippen LogP contribution in [0.1, 0.15) is 26.3 Å². The zero-order valence-corrected chi connectivity index (χ0v) is 11.9. The molecule has 0 aliphatic carbocycles. The van der Waals surface area contributed by atoms with E-state index in [1.807, 2.05) is 0 Å². The van der Waals surface area contributed by atoms with Crippen LogP contribution in [0.15, 0.2) is 23.1 Å². The summed E-state index contributed by atoms with van der Waals surface area (Å²) in [6.45, 7) is 5.71. The number of carbonyl (C=O) groups is 1. The molecule has 0 unspecified atom stereocenters. The minimum absolute atomic E-state index is 0.127. The number of aromatic amines is 1. The number of carbonyl (C=O) groups excluding carboxylic acids is 1. The Kier molecular flexibility index (Phi) is 5.18. The number of aromatic nitrogens is 1. The molecule has 0 aliphatic rings. The predicted octanol–water partition coefficient (Wildman–Crippen LogP) is 2.57. The van der Waals surface area contributed by atoms with E-state index < -0.39 is 11.7 Å². The molecule has 19 heavy (non-hydrogen) atoms. The first-order chi connectivity index (χ1) is 8.78. The van der Waals surface area contributed by atoms with E-state index in [4.69, 9.17) is 16.3 Å². The van der Waals surface area contributed by atoms with E-state index >= 15 is 0 Å². The van der Waals surface area contributed by atoms with Crippen molar-refractivity contribution >= 4 is 23.8 Å². The van der Waals surface area contributed by atoms with Gasteiger partial charge in [0, 0.05) is 12.7 Å². The van der Waals surface area contributed by atoms with Crippen LogP contribution in [0, 0.1) is 0 Å². The number of amides is 1. The van der Waals surface area contributed by atoms with Gasteiger partial charge < -0.3 is 15.0 Å². The van der Waals surface area contributed by atoms with Gasteiger partial charge in [0.15, 0.2) is 0 Å². The van der Waals surface area contributed by atoms with Crippen molar-refractivity contribution in [3.05, 3.63) is 39.3 Å². The standard InChI is InChI=1S/C13H17ClN2O3/c1-13(2,3)19-12(18)15-6-4-5-9-7-10(14)11(17)16-8-9/h4-5,7-8H,6H2,1-3H3,(H,15,18)(H,16,17). The molecule has 0 aromatic carbocycles. The monoisotopic (exact) mass is 284 g/mol. The summed E-state index contributed by atoms with van der Waals surface area (Å²) in [6, 6.07) is 1.55. The van der Waals surface area contributed by atoms with E-state index in [1.54, 1.807) is 39.0 Å². The third kappa shape index (κ3) is 6.10. The maximum absolute atomic E-state index is 11.3. The highest BCUT2D eigenvalue weighted by Gasteiger charge is 2.14. The average Bonchev–Trinajstić information content (AvgIpc) is 2.27. The Hall–Kier alpha value is -1.75. The maximum atomic E-state index is 11.3. The smallest absolute Gasteiger partial charge is 0.407 e. The minimum atomic E-state index is -0.514. The molecule has 0 atom stereocenters. The van der Waals surface area contributed by atoms with Gasteiger partial charge in [0.2, 0.25) is 0 Å². The summed E-state index contributed by atoms with van der Waals surface area (Å²) < 4.78 is 5.07. The van der Waals surface area contributed by atoms with E-state index in [0.29, 0.717) is 6.54 Å². The Morgan fingerprint density at radius 3 is 2.79 bits per heavy atom. The number of hydrogen-bond acceptors (Lipinski definition) is 3.